The summed E-state index contributed by atoms with van der Waals surface area (Å²) in [5, 5.41) is 27.6. The van der Waals surface area contributed by atoms with Gasteiger partial charge in [0.1, 0.15) is 29.4 Å². The molecule has 0 N–H and O–H groups in total. The highest BCUT2D eigenvalue weighted by Gasteiger charge is 2.28. The first-order valence-electron chi connectivity index (χ1n) is 7.89. The van der Waals surface area contributed by atoms with Crippen LogP contribution in [-0.2, 0) is 9.53 Å². The lowest BCUT2D eigenvalue weighted by Gasteiger charge is -2.31. The molecule has 0 heterocycles. The van der Waals surface area contributed by atoms with Gasteiger partial charge in [-0.15, -0.1) is 11.8 Å². The number of ether oxygens (including phenoxy) is 1. The summed E-state index contributed by atoms with van der Waals surface area (Å²) in [6, 6.07) is 5.84. The lowest BCUT2D eigenvalue weighted by atomic mass is 9.73. The van der Waals surface area contributed by atoms with Crippen molar-refractivity contribution in [2.45, 2.75) is 40.0 Å². The number of nitriles is 3. The van der Waals surface area contributed by atoms with Crippen molar-refractivity contribution < 1.29 is 9.53 Å². The highest BCUT2D eigenvalue weighted by molar-refractivity contribution is 8.02. The van der Waals surface area contributed by atoms with E-state index in [0.717, 1.165) is 12.0 Å². The molecule has 0 aromatic carbocycles. The van der Waals surface area contributed by atoms with Gasteiger partial charge in [0.15, 0.2) is 0 Å². The second kappa shape index (κ2) is 9.11. The molecule has 0 spiro atoms. The maximum Gasteiger partial charge on any atom is 0.349 e. The van der Waals surface area contributed by atoms with Gasteiger partial charge in [-0.1, -0.05) is 25.5 Å². The molecule has 6 heteroatoms. The van der Waals surface area contributed by atoms with E-state index < -0.39 is 5.97 Å². The van der Waals surface area contributed by atoms with Crippen molar-refractivity contribution in [1.82, 2.24) is 0 Å². The highest BCUT2D eigenvalue weighted by Crippen LogP contribution is 2.42. The monoisotopic (exact) mass is 355 g/mol. The number of esters is 1. The van der Waals surface area contributed by atoms with Gasteiger partial charge in [-0.05, 0) is 37.0 Å². The Morgan fingerprint density at radius 1 is 1.24 bits per heavy atom. The Balaban J connectivity index is 3.32. The molecule has 0 aromatic rings. The maximum absolute atomic E-state index is 12.0. The quantitative estimate of drug-likeness (QED) is 0.417. The molecule has 130 valence electrons. The van der Waals surface area contributed by atoms with Crippen LogP contribution < -0.4 is 0 Å². The second-order valence-corrected chi connectivity index (χ2v) is 7.36. The molecule has 1 aliphatic carbocycles. The predicted molar refractivity (Wildman–Crippen MR) is 96.8 cm³/mol. The van der Waals surface area contributed by atoms with Crippen molar-refractivity contribution in [3.8, 4) is 18.2 Å². The fourth-order valence-electron chi connectivity index (χ4n) is 2.88. The lowest BCUT2D eigenvalue weighted by molar-refractivity contribution is -0.138. The summed E-state index contributed by atoms with van der Waals surface area (Å²) in [7, 11) is 0. The number of hydrogen-bond acceptors (Lipinski definition) is 6. The van der Waals surface area contributed by atoms with Gasteiger partial charge in [0.25, 0.3) is 0 Å². The molecule has 0 fully saturated rings. The van der Waals surface area contributed by atoms with Crippen molar-refractivity contribution in [2.75, 3.05) is 12.9 Å². The van der Waals surface area contributed by atoms with Crippen LogP contribution in [0.15, 0.2) is 33.3 Å². The van der Waals surface area contributed by atoms with Crippen molar-refractivity contribution in [3.05, 3.63) is 33.3 Å². The molecular formula is C19H21N3O2S. The molecule has 5 nitrogen and oxygen atoms in total. The zero-order valence-electron chi connectivity index (χ0n) is 15.0. The summed E-state index contributed by atoms with van der Waals surface area (Å²) in [5.74, 6) is -0.615. The van der Waals surface area contributed by atoms with Gasteiger partial charge in [0, 0.05) is 11.3 Å². The first-order valence-corrected chi connectivity index (χ1v) is 9.11. The zero-order chi connectivity index (χ0) is 19.0. The molecule has 0 saturated carbocycles. The Kier molecular flexibility index (Phi) is 7.49. The van der Waals surface area contributed by atoms with E-state index in [9.17, 15) is 10.1 Å². The van der Waals surface area contributed by atoms with Crippen LogP contribution in [0, 0.1) is 39.4 Å². The number of carbonyl (C=O) groups excluding carboxylic acids is 1. The van der Waals surface area contributed by atoms with E-state index >= 15 is 0 Å². The minimum atomic E-state index is -0.615. The van der Waals surface area contributed by atoms with Crippen molar-refractivity contribution in [2.24, 2.45) is 5.41 Å². The Bertz CT molecular complexity index is 752. The third-order valence-corrected chi connectivity index (χ3v) is 4.64. The fourth-order valence-corrected chi connectivity index (χ4v) is 3.54. The smallest absolute Gasteiger partial charge is 0.349 e. The van der Waals surface area contributed by atoms with Gasteiger partial charge >= 0.3 is 5.97 Å². The largest absolute Gasteiger partial charge is 0.462 e. The van der Waals surface area contributed by atoms with Crippen LogP contribution in [0.5, 0.6) is 0 Å². The lowest BCUT2D eigenvalue weighted by Crippen LogP contribution is -2.18. The van der Waals surface area contributed by atoms with Crippen LogP contribution in [0.4, 0.5) is 0 Å². The predicted octanol–water partition coefficient (Wildman–Crippen LogP) is 4.17. The van der Waals surface area contributed by atoms with E-state index in [1.165, 1.54) is 11.8 Å². The van der Waals surface area contributed by atoms with Gasteiger partial charge in [-0.3, -0.25) is 0 Å². The number of nitrogens with zero attached hydrogens (tertiary/aromatic N) is 3. The summed E-state index contributed by atoms with van der Waals surface area (Å²) in [6.45, 7) is 6.05. The Hall–Kier alpha value is -2.49. The fraction of sp³-hybridized carbons (Fsp3) is 0.474. The molecule has 0 aromatic heterocycles. The summed E-state index contributed by atoms with van der Waals surface area (Å²) in [5.41, 5.74) is 1.75. The first-order chi connectivity index (χ1) is 11.8. The molecule has 1 rings (SSSR count). The summed E-state index contributed by atoms with van der Waals surface area (Å²) in [6.07, 6.45) is 5.52. The topological polar surface area (TPSA) is 97.7 Å². The van der Waals surface area contributed by atoms with Crippen molar-refractivity contribution in [3.63, 3.8) is 0 Å². The van der Waals surface area contributed by atoms with E-state index in [2.05, 4.69) is 13.8 Å². The molecule has 0 atom stereocenters. The molecule has 1 aliphatic rings. The third kappa shape index (κ3) is 5.52. The van der Waals surface area contributed by atoms with Crippen LogP contribution in [0.2, 0.25) is 0 Å². The van der Waals surface area contributed by atoms with E-state index in [1.54, 1.807) is 6.92 Å². The molecule has 0 aliphatic heterocycles. The second-order valence-electron chi connectivity index (χ2n) is 6.46. The van der Waals surface area contributed by atoms with Crippen molar-refractivity contribution in [1.29, 1.82) is 15.8 Å². The first kappa shape index (κ1) is 20.6. The van der Waals surface area contributed by atoms with Gasteiger partial charge in [0.2, 0.25) is 0 Å². The molecule has 0 radical (unpaired) electrons. The standard InChI is InChI=1S/C19H21N3O2S/c1-5-24-18(23)16(12-22)17(25-4)7-13-6-14(15(10-20)11-21)9-19(2,3)8-13/h6H,5,7-9H2,1-4H3/b17-16-. The number of thioether (sulfide) groups is 1. The van der Waals surface area contributed by atoms with Crippen molar-refractivity contribution >= 4 is 17.7 Å². The molecule has 0 saturated heterocycles. The number of carbonyl (C=O) groups is 1. The van der Waals surface area contributed by atoms with Crippen LogP contribution in [0.1, 0.15) is 40.0 Å². The molecule has 0 bridgehead atoms. The van der Waals surface area contributed by atoms with Crippen LogP contribution in [0.25, 0.3) is 0 Å². The minimum absolute atomic E-state index is 0.0185. The summed E-state index contributed by atoms with van der Waals surface area (Å²) >= 11 is 1.34. The molecule has 25 heavy (non-hydrogen) atoms. The molecular weight excluding hydrogens is 334 g/mol. The maximum atomic E-state index is 12.0. The highest BCUT2D eigenvalue weighted by atomic mass is 32.2. The van der Waals surface area contributed by atoms with Gasteiger partial charge in [-0.2, -0.15) is 15.8 Å². The number of rotatable bonds is 5. The van der Waals surface area contributed by atoms with Crippen LogP contribution in [0.3, 0.4) is 0 Å². The third-order valence-electron chi connectivity index (χ3n) is 3.80. The van der Waals surface area contributed by atoms with Crippen LogP contribution in [-0.4, -0.2) is 18.8 Å². The molecule has 0 unspecified atom stereocenters. The average molecular weight is 355 g/mol. The summed E-state index contributed by atoms with van der Waals surface area (Å²) in [4.78, 5) is 12.6. The summed E-state index contributed by atoms with van der Waals surface area (Å²) < 4.78 is 4.95. The number of allylic oxidation sites excluding steroid dienone is 5. The SMILES string of the molecule is CCOC(=O)/C(C#N)=C(/CC1=CC(=C(C#N)C#N)CC(C)(C)C1)SC. The van der Waals surface area contributed by atoms with Gasteiger partial charge < -0.3 is 4.74 Å². The Labute approximate surface area is 153 Å². The zero-order valence-corrected chi connectivity index (χ0v) is 15.8. The van der Waals surface area contributed by atoms with Gasteiger partial charge in [-0.25, -0.2) is 4.79 Å². The van der Waals surface area contributed by atoms with E-state index in [0.29, 0.717) is 23.3 Å². The Morgan fingerprint density at radius 3 is 2.36 bits per heavy atom. The van der Waals surface area contributed by atoms with E-state index in [-0.39, 0.29) is 23.2 Å². The average Bonchev–Trinajstić information content (AvgIpc) is 2.54. The minimum Gasteiger partial charge on any atom is -0.462 e. The van der Waals surface area contributed by atoms with E-state index in [1.807, 2.05) is 30.5 Å². The Morgan fingerprint density at radius 2 is 1.88 bits per heavy atom. The van der Waals surface area contributed by atoms with E-state index in [4.69, 9.17) is 15.3 Å². The normalized spacial score (nSPS) is 16.5. The van der Waals surface area contributed by atoms with Gasteiger partial charge in [0.05, 0.1) is 6.61 Å². The molecule has 0 amide bonds. The van der Waals surface area contributed by atoms with Crippen LogP contribution >= 0.6 is 11.8 Å². The number of hydrogen-bond donors (Lipinski definition) is 0.